The smallest absolute Gasteiger partial charge is 0.303 e. The second-order valence-electron chi connectivity index (χ2n) is 7.75. The molecule has 2 aromatic heterocycles. The molecule has 0 aliphatic carbocycles. The van der Waals surface area contributed by atoms with Crippen LogP contribution in [0.5, 0.6) is 0 Å². The molecule has 0 bridgehead atoms. The highest BCUT2D eigenvalue weighted by Gasteiger charge is 2.13. The van der Waals surface area contributed by atoms with Crippen molar-refractivity contribution < 1.29 is 14.7 Å². The number of hydrogen-bond acceptors (Lipinski definition) is 4. The topological polar surface area (TPSA) is 102 Å². The molecule has 2 heterocycles. The van der Waals surface area contributed by atoms with Gasteiger partial charge in [-0.05, 0) is 36.6 Å². The third-order valence-electron chi connectivity index (χ3n) is 5.22. The highest BCUT2D eigenvalue weighted by atomic mass is 35.5. The van der Waals surface area contributed by atoms with E-state index in [0.29, 0.717) is 35.8 Å². The molecule has 0 unspecified atom stereocenters. The Morgan fingerprint density at radius 1 is 1.03 bits per heavy atom. The van der Waals surface area contributed by atoms with Gasteiger partial charge in [0.25, 0.3) is 0 Å². The van der Waals surface area contributed by atoms with Crippen molar-refractivity contribution >= 4 is 63.3 Å². The Kier molecular flexibility index (Phi) is 7.41. The molecule has 8 nitrogen and oxygen atoms in total. The van der Waals surface area contributed by atoms with Crippen LogP contribution in [0.4, 0.5) is 5.69 Å². The van der Waals surface area contributed by atoms with Crippen LogP contribution in [0, 0.1) is 0 Å². The van der Waals surface area contributed by atoms with Crippen LogP contribution < -0.4 is 5.32 Å². The average molecular weight is 521 g/mol. The van der Waals surface area contributed by atoms with Crippen molar-refractivity contribution in [2.45, 2.75) is 32.4 Å². The fraction of sp³-hybridized carbons (Fsp3) is 0.217. The number of nitrogens with zero attached hydrogens (tertiary/aromatic N) is 4. The number of nitrogens with one attached hydrogen (secondary N) is 1. The summed E-state index contributed by atoms with van der Waals surface area (Å²) in [7, 11) is 0. The number of carbonyl (C=O) groups is 2. The van der Waals surface area contributed by atoms with Crippen LogP contribution in [0.2, 0.25) is 15.1 Å². The third-order valence-corrected chi connectivity index (χ3v) is 6.25. The van der Waals surface area contributed by atoms with Crippen molar-refractivity contribution in [3.8, 4) is 0 Å². The number of anilines is 1. The predicted molar refractivity (Wildman–Crippen MR) is 132 cm³/mol. The Morgan fingerprint density at radius 3 is 2.59 bits per heavy atom. The zero-order valence-corrected chi connectivity index (χ0v) is 20.1. The van der Waals surface area contributed by atoms with E-state index < -0.39 is 5.97 Å². The van der Waals surface area contributed by atoms with Crippen LogP contribution in [0.3, 0.4) is 0 Å². The molecule has 1 amide bonds. The van der Waals surface area contributed by atoms with Gasteiger partial charge in [-0.25, -0.2) is 4.68 Å². The van der Waals surface area contributed by atoms with E-state index in [1.54, 1.807) is 6.20 Å². The zero-order valence-electron chi connectivity index (χ0n) is 17.8. The number of aromatic nitrogens is 4. The maximum atomic E-state index is 12.4. The highest BCUT2D eigenvalue weighted by molar-refractivity contribution is 6.44. The number of carboxylic acids is 1. The molecule has 34 heavy (non-hydrogen) atoms. The normalized spacial score (nSPS) is 11.1. The number of aryl methyl sites for hydroxylation is 1. The number of para-hydroxylation sites is 1. The minimum absolute atomic E-state index is 0.0591. The molecule has 0 spiro atoms. The number of benzene rings is 2. The monoisotopic (exact) mass is 519 g/mol. The number of fused-ring (bicyclic) bond motifs is 1. The maximum absolute atomic E-state index is 12.4. The lowest BCUT2D eigenvalue weighted by Crippen LogP contribution is -2.19. The first-order chi connectivity index (χ1) is 16.3. The van der Waals surface area contributed by atoms with Gasteiger partial charge in [-0.1, -0.05) is 58.2 Å². The van der Waals surface area contributed by atoms with Crippen LogP contribution in [0.15, 0.2) is 48.8 Å². The molecule has 4 rings (SSSR count). The van der Waals surface area contributed by atoms with Crippen molar-refractivity contribution in [3.05, 3.63) is 75.1 Å². The summed E-state index contributed by atoms with van der Waals surface area (Å²) in [6.45, 7) is 0.399. The molecule has 11 heteroatoms. The average Bonchev–Trinajstić information content (AvgIpc) is 3.36. The first-order valence-corrected chi connectivity index (χ1v) is 11.6. The van der Waals surface area contributed by atoms with E-state index in [0.717, 1.165) is 16.5 Å². The summed E-state index contributed by atoms with van der Waals surface area (Å²) in [5.41, 5.74) is 3.14. The van der Waals surface area contributed by atoms with Gasteiger partial charge in [0.05, 0.1) is 33.5 Å². The predicted octanol–water partition coefficient (Wildman–Crippen LogP) is 5.29. The Balaban J connectivity index is 1.44. The molecule has 0 aliphatic rings. The van der Waals surface area contributed by atoms with Gasteiger partial charge in [-0.2, -0.15) is 0 Å². The molecule has 0 fully saturated rings. The summed E-state index contributed by atoms with van der Waals surface area (Å²) in [5.74, 6) is -1.14. The third kappa shape index (κ3) is 5.70. The zero-order chi connectivity index (χ0) is 24.2. The maximum Gasteiger partial charge on any atom is 0.303 e. The summed E-state index contributed by atoms with van der Waals surface area (Å²) in [6.07, 6.45) is 5.09. The van der Waals surface area contributed by atoms with Gasteiger partial charge < -0.3 is 15.0 Å². The van der Waals surface area contributed by atoms with Crippen molar-refractivity contribution in [1.29, 1.82) is 0 Å². The van der Waals surface area contributed by atoms with Crippen molar-refractivity contribution in [3.63, 3.8) is 0 Å². The van der Waals surface area contributed by atoms with Gasteiger partial charge in [-0.15, -0.1) is 5.10 Å². The Bertz CT molecular complexity index is 1370. The second-order valence-corrected chi connectivity index (χ2v) is 8.97. The van der Waals surface area contributed by atoms with Crippen molar-refractivity contribution in [1.82, 2.24) is 19.6 Å². The molecule has 0 aliphatic heterocycles. The van der Waals surface area contributed by atoms with E-state index in [4.69, 9.17) is 39.9 Å². The van der Waals surface area contributed by atoms with Gasteiger partial charge in [0.15, 0.2) is 0 Å². The highest BCUT2D eigenvalue weighted by Crippen LogP contribution is 2.32. The Hall–Kier alpha value is -3.07. The van der Waals surface area contributed by atoms with Gasteiger partial charge in [0, 0.05) is 23.5 Å². The number of rotatable bonds is 9. The first-order valence-electron chi connectivity index (χ1n) is 10.4. The number of carbonyl (C=O) groups excluding carboxylic acids is 1. The molecule has 4 aromatic rings. The van der Waals surface area contributed by atoms with Gasteiger partial charge in [0.2, 0.25) is 5.91 Å². The summed E-state index contributed by atoms with van der Waals surface area (Å²) in [6, 6.07) is 10.9. The lowest BCUT2D eigenvalue weighted by molar-refractivity contribution is -0.137. The molecular weight excluding hydrogens is 501 g/mol. The number of carboxylic acid groups (broad SMARTS) is 1. The Morgan fingerprint density at radius 2 is 1.79 bits per heavy atom. The van der Waals surface area contributed by atoms with Gasteiger partial charge in [0.1, 0.15) is 12.2 Å². The van der Waals surface area contributed by atoms with Crippen LogP contribution in [0.1, 0.15) is 24.1 Å². The van der Waals surface area contributed by atoms with E-state index in [2.05, 4.69) is 20.2 Å². The largest absolute Gasteiger partial charge is 0.481 e. The number of halogens is 3. The summed E-state index contributed by atoms with van der Waals surface area (Å²) >= 11 is 18.0. The minimum Gasteiger partial charge on any atom is -0.481 e. The van der Waals surface area contributed by atoms with Crippen LogP contribution in [-0.4, -0.2) is 36.5 Å². The molecule has 176 valence electrons. The molecule has 2 N–H and O–H groups in total. The van der Waals surface area contributed by atoms with E-state index in [1.807, 2.05) is 30.5 Å². The molecule has 0 atom stereocenters. The number of hydrogen-bond donors (Lipinski definition) is 2. The number of aliphatic carboxylic acids is 1. The van der Waals surface area contributed by atoms with Crippen molar-refractivity contribution in [2.75, 3.05) is 5.32 Å². The van der Waals surface area contributed by atoms with Crippen LogP contribution in [0.25, 0.3) is 10.9 Å². The van der Waals surface area contributed by atoms with E-state index in [1.165, 1.54) is 16.8 Å². The summed E-state index contributed by atoms with van der Waals surface area (Å²) in [4.78, 5) is 23.3. The minimum atomic E-state index is -0.800. The lowest BCUT2D eigenvalue weighted by Gasteiger charge is -2.08. The second kappa shape index (κ2) is 10.5. The first kappa shape index (κ1) is 24.1. The van der Waals surface area contributed by atoms with E-state index in [9.17, 15) is 9.59 Å². The molecule has 0 saturated carbocycles. The number of amides is 1. The Labute approximate surface area is 210 Å². The summed E-state index contributed by atoms with van der Waals surface area (Å²) in [5, 5.41) is 21.8. The van der Waals surface area contributed by atoms with Gasteiger partial charge in [-0.3, -0.25) is 9.59 Å². The fourth-order valence-electron chi connectivity index (χ4n) is 3.70. The SMILES string of the molecule is O=C(O)CCCc1cn(Cc2cn(CC(=O)Nc3cc(Cl)c(Cl)cc3Cl)nn2)c2ccccc12. The molecular formula is C23H20Cl3N5O3. The molecule has 0 radical (unpaired) electrons. The van der Waals surface area contributed by atoms with E-state index in [-0.39, 0.29) is 28.9 Å². The van der Waals surface area contributed by atoms with Crippen molar-refractivity contribution in [2.24, 2.45) is 0 Å². The van der Waals surface area contributed by atoms with Crippen LogP contribution >= 0.6 is 34.8 Å². The van der Waals surface area contributed by atoms with Gasteiger partial charge >= 0.3 is 5.97 Å². The standard InChI is InChI=1S/C23H20Cl3N5O3/c24-17-8-19(26)20(9-18(17)25)27-22(32)13-31-12-15(28-29-31)11-30-10-14(4-3-7-23(33)34)16-5-1-2-6-21(16)30/h1-2,5-6,8-10,12H,3-4,7,11,13H2,(H,27,32)(H,33,34). The lowest BCUT2D eigenvalue weighted by atomic mass is 10.1. The molecule has 0 saturated heterocycles. The van der Waals surface area contributed by atoms with Crippen LogP contribution in [-0.2, 0) is 29.1 Å². The summed E-state index contributed by atoms with van der Waals surface area (Å²) < 4.78 is 3.49. The molecule has 2 aromatic carbocycles. The quantitative estimate of drug-likeness (QED) is 0.292. The van der Waals surface area contributed by atoms with E-state index >= 15 is 0 Å². The fourth-order valence-corrected chi connectivity index (χ4v) is 4.30.